The van der Waals surface area contributed by atoms with Crippen LogP contribution in [0.3, 0.4) is 0 Å². The molecule has 112 valence electrons. The summed E-state index contributed by atoms with van der Waals surface area (Å²) in [5, 5.41) is 2.20. The first kappa shape index (κ1) is 14.5. The first-order chi connectivity index (χ1) is 9.92. The fourth-order valence-corrected chi connectivity index (χ4v) is 4.08. The molecule has 2 fully saturated rings. The lowest BCUT2D eigenvalue weighted by Gasteiger charge is -2.37. The molecular weight excluding hydrogens is 268 g/mol. The highest BCUT2D eigenvalue weighted by molar-refractivity contribution is 7.09. The van der Waals surface area contributed by atoms with Gasteiger partial charge < -0.3 is 4.74 Å². The highest BCUT2D eigenvalue weighted by Crippen LogP contribution is 2.23. The van der Waals surface area contributed by atoms with Crippen molar-refractivity contribution in [3.05, 3.63) is 22.4 Å². The van der Waals surface area contributed by atoms with Crippen molar-refractivity contribution in [3.8, 4) is 0 Å². The topological polar surface area (TPSA) is 15.7 Å². The van der Waals surface area contributed by atoms with E-state index >= 15 is 0 Å². The second kappa shape index (κ2) is 7.55. The summed E-state index contributed by atoms with van der Waals surface area (Å²) in [7, 11) is 0. The summed E-state index contributed by atoms with van der Waals surface area (Å²) in [6, 6.07) is 5.24. The molecule has 0 N–H and O–H groups in total. The Balaban J connectivity index is 1.49. The third-order valence-corrected chi connectivity index (χ3v) is 5.43. The van der Waals surface area contributed by atoms with Crippen molar-refractivity contribution in [3.63, 3.8) is 0 Å². The Morgan fingerprint density at radius 2 is 2.10 bits per heavy atom. The molecule has 2 aliphatic heterocycles. The smallest absolute Gasteiger partial charge is 0.0594 e. The van der Waals surface area contributed by atoms with Gasteiger partial charge in [0.15, 0.2) is 0 Å². The van der Waals surface area contributed by atoms with E-state index in [1.165, 1.54) is 43.6 Å². The molecule has 3 nitrogen and oxygen atoms in total. The zero-order valence-electron chi connectivity index (χ0n) is 12.3. The third kappa shape index (κ3) is 4.04. The van der Waals surface area contributed by atoms with Crippen molar-refractivity contribution in [1.82, 2.24) is 9.80 Å². The molecule has 1 aromatic heterocycles. The maximum Gasteiger partial charge on any atom is 0.0594 e. The predicted molar refractivity (Wildman–Crippen MR) is 84.2 cm³/mol. The number of likely N-dealkylation sites (tertiary alicyclic amines) is 1. The summed E-state index contributed by atoms with van der Waals surface area (Å²) in [4.78, 5) is 6.81. The van der Waals surface area contributed by atoms with Gasteiger partial charge >= 0.3 is 0 Å². The molecule has 20 heavy (non-hydrogen) atoms. The van der Waals surface area contributed by atoms with Crippen LogP contribution in [0, 0.1) is 0 Å². The molecule has 0 unspecified atom stereocenters. The van der Waals surface area contributed by atoms with Crippen LogP contribution in [0.2, 0.25) is 0 Å². The Bertz CT molecular complexity index is 376. The lowest BCUT2D eigenvalue weighted by atomic mass is 9.99. The van der Waals surface area contributed by atoms with Gasteiger partial charge in [0.2, 0.25) is 0 Å². The lowest BCUT2D eigenvalue weighted by molar-refractivity contribution is 0.0303. The predicted octanol–water partition coefficient (Wildman–Crippen LogP) is 2.82. The van der Waals surface area contributed by atoms with E-state index in [2.05, 4.69) is 27.3 Å². The summed E-state index contributed by atoms with van der Waals surface area (Å²) in [6.45, 7) is 7.77. The minimum atomic E-state index is 0.786. The van der Waals surface area contributed by atoms with Gasteiger partial charge in [0.05, 0.1) is 13.2 Å². The van der Waals surface area contributed by atoms with E-state index < -0.39 is 0 Å². The van der Waals surface area contributed by atoms with Crippen LogP contribution in [-0.4, -0.2) is 55.2 Å². The number of hydrogen-bond donors (Lipinski definition) is 0. The van der Waals surface area contributed by atoms with Crippen LogP contribution in [0.15, 0.2) is 17.5 Å². The van der Waals surface area contributed by atoms with Gasteiger partial charge in [0.25, 0.3) is 0 Å². The maximum absolute atomic E-state index is 5.43. The number of piperidine rings is 1. The summed E-state index contributed by atoms with van der Waals surface area (Å²) in [5.74, 6) is 0. The number of hydrogen-bond acceptors (Lipinski definition) is 4. The molecule has 3 rings (SSSR count). The van der Waals surface area contributed by atoms with Crippen molar-refractivity contribution in [2.24, 2.45) is 0 Å². The van der Waals surface area contributed by atoms with Gasteiger partial charge in [-0.3, -0.25) is 9.80 Å². The molecule has 1 atom stereocenters. The third-order valence-electron chi connectivity index (χ3n) is 4.57. The van der Waals surface area contributed by atoms with Crippen molar-refractivity contribution >= 4 is 11.3 Å². The molecule has 0 aliphatic carbocycles. The van der Waals surface area contributed by atoms with E-state index in [-0.39, 0.29) is 0 Å². The fraction of sp³-hybridized carbons (Fsp3) is 0.750. The molecule has 0 amide bonds. The summed E-state index contributed by atoms with van der Waals surface area (Å²) < 4.78 is 5.43. The molecular formula is C16H26N2OS. The summed E-state index contributed by atoms with van der Waals surface area (Å²) >= 11 is 1.90. The number of rotatable bonds is 5. The van der Waals surface area contributed by atoms with E-state index in [9.17, 15) is 0 Å². The van der Waals surface area contributed by atoms with Gasteiger partial charge in [-0.25, -0.2) is 0 Å². The molecule has 0 aromatic carbocycles. The second-order valence-electron chi connectivity index (χ2n) is 5.94. The molecule has 1 aromatic rings. The van der Waals surface area contributed by atoms with E-state index in [0.29, 0.717) is 0 Å². The van der Waals surface area contributed by atoms with Gasteiger partial charge in [0, 0.05) is 30.6 Å². The molecule has 2 saturated heterocycles. The van der Waals surface area contributed by atoms with E-state index in [0.717, 1.165) is 38.9 Å². The molecule has 2 aliphatic rings. The van der Waals surface area contributed by atoms with E-state index in [1.54, 1.807) is 0 Å². The molecule has 0 saturated carbocycles. The van der Waals surface area contributed by atoms with Crippen LogP contribution >= 0.6 is 11.3 Å². The normalized spacial score (nSPS) is 25.9. The molecule has 0 spiro atoms. The van der Waals surface area contributed by atoms with Crippen LogP contribution in [0.4, 0.5) is 0 Å². The van der Waals surface area contributed by atoms with Gasteiger partial charge in [-0.1, -0.05) is 12.5 Å². The van der Waals surface area contributed by atoms with E-state index in [1.807, 2.05) is 11.3 Å². The van der Waals surface area contributed by atoms with Gasteiger partial charge in [0.1, 0.15) is 0 Å². The number of ether oxygens (including phenoxy) is 1. The van der Waals surface area contributed by atoms with Gasteiger partial charge in [-0.15, -0.1) is 11.3 Å². The van der Waals surface area contributed by atoms with Crippen LogP contribution in [0.1, 0.15) is 30.6 Å². The Kier molecular flexibility index (Phi) is 5.48. The highest BCUT2D eigenvalue weighted by Gasteiger charge is 2.23. The van der Waals surface area contributed by atoms with E-state index in [4.69, 9.17) is 4.74 Å². The Morgan fingerprint density at radius 1 is 1.20 bits per heavy atom. The maximum atomic E-state index is 5.43. The lowest BCUT2D eigenvalue weighted by Crippen LogP contribution is -2.43. The zero-order chi connectivity index (χ0) is 13.6. The average molecular weight is 294 g/mol. The molecule has 0 bridgehead atoms. The van der Waals surface area contributed by atoms with Crippen molar-refractivity contribution < 1.29 is 4.74 Å². The highest BCUT2D eigenvalue weighted by atomic mass is 32.1. The van der Waals surface area contributed by atoms with Crippen LogP contribution in [0.25, 0.3) is 0 Å². The van der Waals surface area contributed by atoms with Gasteiger partial charge in [-0.05, 0) is 43.8 Å². The summed E-state index contributed by atoms with van der Waals surface area (Å²) in [6.07, 6.45) is 5.50. The zero-order valence-corrected chi connectivity index (χ0v) is 13.1. The van der Waals surface area contributed by atoms with Crippen molar-refractivity contribution in [1.29, 1.82) is 0 Å². The minimum Gasteiger partial charge on any atom is -0.379 e. The number of nitrogens with zero attached hydrogens (tertiary/aromatic N) is 2. The minimum absolute atomic E-state index is 0.786. The molecule has 3 heterocycles. The second-order valence-corrected chi connectivity index (χ2v) is 6.97. The molecule has 0 radical (unpaired) electrons. The van der Waals surface area contributed by atoms with Crippen molar-refractivity contribution in [2.75, 3.05) is 39.4 Å². The monoisotopic (exact) mass is 294 g/mol. The Labute approximate surface area is 126 Å². The van der Waals surface area contributed by atoms with Crippen LogP contribution in [0.5, 0.6) is 0 Å². The number of morpholine rings is 1. The van der Waals surface area contributed by atoms with Crippen LogP contribution in [-0.2, 0) is 11.3 Å². The first-order valence-corrected chi connectivity index (χ1v) is 8.86. The Hall–Kier alpha value is -0.420. The number of thiophene rings is 1. The van der Waals surface area contributed by atoms with Crippen molar-refractivity contribution in [2.45, 2.75) is 38.3 Å². The van der Waals surface area contributed by atoms with Crippen LogP contribution < -0.4 is 0 Å². The first-order valence-electron chi connectivity index (χ1n) is 7.98. The fourth-order valence-electron chi connectivity index (χ4n) is 3.35. The van der Waals surface area contributed by atoms with Gasteiger partial charge in [-0.2, -0.15) is 0 Å². The Morgan fingerprint density at radius 3 is 2.90 bits per heavy atom. The standard InChI is InChI=1S/C16H26N2OS/c1-2-7-18(14-16-5-3-13-20-16)15(4-1)6-8-17-9-11-19-12-10-17/h3,5,13,15H,1-2,4,6-12,14H2/t15-/m0/s1. The quantitative estimate of drug-likeness (QED) is 0.830. The average Bonchev–Trinajstić information content (AvgIpc) is 3.00. The molecule has 4 heteroatoms. The summed E-state index contributed by atoms with van der Waals surface area (Å²) in [5.41, 5.74) is 0. The largest absolute Gasteiger partial charge is 0.379 e. The SMILES string of the molecule is c1csc(CN2CCCC[C@H]2CCN2CCOCC2)c1.